The zero-order valence-electron chi connectivity index (χ0n) is 12.5. The van der Waals surface area contributed by atoms with E-state index in [2.05, 4.69) is 25.5 Å². The Balaban J connectivity index is 2.23. The van der Waals surface area contributed by atoms with E-state index in [1.807, 2.05) is 0 Å². The van der Waals surface area contributed by atoms with Crippen LogP contribution in [0.2, 0.25) is 0 Å². The van der Waals surface area contributed by atoms with E-state index in [4.69, 9.17) is 15.6 Å². The third-order valence-electron chi connectivity index (χ3n) is 3.95. The number of nitrogens with zero attached hydrogens (tertiary/aromatic N) is 2. The highest BCUT2D eigenvalue weighted by molar-refractivity contribution is 5.29. The number of aromatic nitrogens is 2. The average Bonchev–Trinajstić information content (AvgIpc) is 2.77. The molecule has 2 atom stereocenters. The molecule has 0 aliphatic carbocycles. The lowest BCUT2D eigenvalue weighted by Gasteiger charge is -2.23. The van der Waals surface area contributed by atoms with Crippen LogP contribution >= 0.6 is 0 Å². The zero-order chi connectivity index (χ0) is 13.8. The molecule has 2 rings (SSSR count). The van der Waals surface area contributed by atoms with E-state index in [1.165, 1.54) is 24.1 Å². The summed E-state index contributed by atoms with van der Waals surface area (Å²) in [4.78, 5) is 0. The van der Waals surface area contributed by atoms with Crippen molar-refractivity contribution in [2.24, 2.45) is 5.73 Å². The summed E-state index contributed by atoms with van der Waals surface area (Å²) in [5.74, 6) is 0. The van der Waals surface area contributed by atoms with Crippen LogP contribution in [0, 0.1) is 0 Å². The predicted molar refractivity (Wildman–Crippen MR) is 77.2 cm³/mol. The van der Waals surface area contributed by atoms with Crippen LogP contribution in [0.1, 0.15) is 63.0 Å². The zero-order valence-corrected chi connectivity index (χ0v) is 12.5. The number of aryl methyl sites for hydroxylation is 1. The molecule has 0 spiro atoms. The monoisotopic (exact) mass is 265 g/mol. The first-order valence-electron chi connectivity index (χ1n) is 7.62. The van der Waals surface area contributed by atoms with Gasteiger partial charge >= 0.3 is 0 Å². The van der Waals surface area contributed by atoms with Gasteiger partial charge in [-0.2, -0.15) is 5.10 Å². The summed E-state index contributed by atoms with van der Waals surface area (Å²) in [7, 11) is 0. The lowest BCUT2D eigenvalue weighted by atomic mass is 10.0. The summed E-state index contributed by atoms with van der Waals surface area (Å²) < 4.78 is 7.98. The van der Waals surface area contributed by atoms with Gasteiger partial charge in [0, 0.05) is 23.9 Å². The number of hydrogen-bond donors (Lipinski definition) is 1. The van der Waals surface area contributed by atoms with Crippen LogP contribution < -0.4 is 5.73 Å². The van der Waals surface area contributed by atoms with Crippen LogP contribution in [0.15, 0.2) is 0 Å². The molecule has 1 aromatic heterocycles. The Morgan fingerprint density at radius 2 is 2.16 bits per heavy atom. The number of rotatable bonds is 5. The van der Waals surface area contributed by atoms with Crippen molar-refractivity contribution in [2.75, 3.05) is 6.61 Å². The largest absolute Gasteiger partial charge is 0.376 e. The van der Waals surface area contributed by atoms with E-state index in [1.54, 1.807) is 0 Å². The van der Waals surface area contributed by atoms with Gasteiger partial charge in [0.05, 0.1) is 18.3 Å². The molecular weight excluding hydrogens is 238 g/mol. The van der Waals surface area contributed by atoms with E-state index in [0.29, 0.717) is 6.10 Å². The van der Waals surface area contributed by atoms with Crippen LogP contribution in [0.4, 0.5) is 0 Å². The summed E-state index contributed by atoms with van der Waals surface area (Å²) >= 11 is 0. The predicted octanol–water partition coefficient (Wildman–Crippen LogP) is 2.60. The second-order valence-electron chi connectivity index (χ2n) is 5.47. The number of ether oxygens (including phenoxy) is 1. The topological polar surface area (TPSA) is 53.1 Å². The molecule has 4 heteroatoms. The lowest BCUT2D eigenvalue weighted by Crippen LogP contribution is -2.26. The molecule has 0 bridgehead atoms. The highest BCUT2D eigenvalue weighted by Gasteiger charge is 2.21. The molecule has 1 aliphatic rings. The summed E-state index contributed by atoms with van der Waals surface area (Å²) in [6, 6.07) is 0.0610. The fourth-order valence-corrected chi connectivity index (χ4v) is 3.02. The minimum absolute atomic E-state index is 0.0610. The number of hydrogen-bond acceptors (Lipinski definition) is 3. The average molecular weight is 265 g/mol. The maximum atomic E-state index is 6.13. The van der Waals surface area contributed by atoms with Crippen molar-refractivity contribution in [1.29, 1.82) is 0 Å². The van der Waals surface area contributed by atoms with Gasteiger partial charge in [0.2, 0.25) is 0 Å². The van der Waals surface area contributed by atoms with Crippen LogP contribution in [-0.4, -0.2) is 22.5 Å². The van der Waals surface area contributed by atoms with Crippen molar-refractivity contribution in [1.82, 2.24) is 9.78 Å². The van der Waals surface area contributed by atoms with Crippen molar-refractivity contribution >= 4 is 0 Å². The molecule has 108 valence electrons. The lowest BCUT2D eigenvalue weighted by molar-refractivity contribution is 0.00347. The molecule has 1 aliphatic heterocycles. The van der Waals surface area contributed by atoms with Gasteiger partial charge in [-0.05, 0) is 39.0 Å². The van der Waals surface area contributed by atoms with E-state index >= 15 is 0 Å². The molecule has 0 radical (unpaired) electrons. The Hall–Kier alpha value is -0.870. The molecule has 0 saturated carbocycles. The quantitative estimate of drug-likeness (QED) is 0.890. The van der Waals surface area contributed by atoms with Gasteiger partial charge in [0.25, 0.3) is 0 Å². The summed E-state index contributed by atoms with van der Waals surface area (Å²) in [5.41, 5.74) is 9.83. The van der Waals surface area contributed by atoms with Crippen molar-refractivity contribution in [3.8, 4) is 0 Å². The molecule has 19 heavy (non-hydrogen) atoms. The van der Waals surface area contributed by atoms with Crippen LogP contribution in [0.25, 0.3) is 0 Å². The van der Waals surface area contributed by atoms with Crippen LogP contribution in [0.5, 0.6) is 0 Å². The Morgan fingerprint density at radius 3 is 2.68 bits per heavy atom. The Bertz CT molecular complexity index is 406. The third-order valence-corrected chi connectivity index (χ3v) is 3.95. The fraction of sp³-hybridized carbons (Fsp3) is 0.800. The second-order valence-corrected chi connectivity index (χ2v) is 5.47. The van der Waals surface area contributed by atoms with Crippen molar-refractivity contribution in [3.63, 3.8) is 0 Å². The molecule has 4 nitrogen and oxygen atoms in total. The van der Waals surface area contributed by atoms with Crippen molar-refractivity contribution < 1.29 is 4.74 Å². The molecule has 1 saturated heterocycles. The minimum Gasteiger partial charge on any atom is -0.376 e. The molecule has 0 amide bonds. The van der Waals surface area contributed by atoms with Gasteiger partial charge in [-0.1, -0.05) is 13.8 Å². The molecule has 2 heterocycles. The second kappa shape index (κ2) is 6.53. The maximum absolute atomic E-state index is 6.13. The normalized spacial score (nSPS) is 21.6. The van der Waals surface area contributed by atoms with Crippen molar-refractivity contribution in [2.45, 2.75) is 71.6 Å². The van der Waals surface area contributed by atoms with Gasteiger partial charge in [0.15, 0.2) is 0 Å². The van der Waals surface area contributed by atoms with Crippen LogP contribution in [-0.2, 0) is 24.1 Å². The van der Waals surface area contributed by atoms with E-state index in [9.17, 15) is 0 Å². The van der Waals surface area contributed by atoms with Crippen LogP contribution in [0.3, 0.4) is 0 Å². The highest BCUT2D eigenvalue weighted by atomic mass is 16.5. The summed E-state index contributed by atoms with van der Waals surface area (Å²) in [6.45, 7) is 8.16. The molecule has 2 N–H and O–H groups in total. The van der Waals surface area contributed by atoms with Gasteiger partial charge in [-0.25, -0.2) is 0 Å². The minimum atomic E-state index is 0.0610. The summed E-state index contributed by atoms with van der Waals surface area (Å²) in [6.07, 6.45) is 5.87. The first-order valence-corrected chi connectivity index (χ1v) is 7.62. The van der Waals surface area contributed by atoms with E-state index < -0.39 is 0 Å². The Morgan fingerprint density at radius 1 is 1.37 bits per heavy atom. The maximum Gasteiger partial charge on any atom is 0.0771 e. The van der Waals surface area contributed by atoms with Crippen molar-refractivity contribution in [3.05, 3.63) is 17.0 Å². The summed E-state index contributed by atoms with van der Waals surface area (Å²) in [5, 5.41) is 4.77. The van der Waals surface area contributed by atoms with Gasteiger partial charge in [-0.15, -0.1) is 0 Å². The molecule has 2 unspecified atom stereocenters. The molecule has 1 aromatic rings. The molecule has 1 fully saturated rings. The van der Waals surface area contributed by atoms with E-state index in [-0.39, 0.29) is 6.04 Å². The SMILES string of the molecule is CCc1nn(CC2CCCCO2)c(CC)c1C(C)N. The first kappa shape index (κ1) is 14.5. The highest BCUT2D eigenvalue weighted by Crippen LogP contribution is 2.24. The first-order chi connectivity index (χ1) is 9.17. The van der Waals surface area contributed by atoms with Gasteiger partial charge in [-0.3, -0.25) is 4.68 Å². The van der Waals surface area contributed by atoms with E-state index in [0.717, 1.165) is 38.1 Å². The number of nitrogens with two attached hydrogens (primary N) is 1. The van der Waals surface area contributed by atoms with Gasteiger partial charge in [0.1, 0.15) is 0 Å². The Kier molecular flexibility index (Phi) is 4.99. The standard InChI is InChI=1S/C15H27N3O/c1-4-13-15(11(3)16)14(5-2)18(17-13)10-12-8-6-7-9-19-12/h11-12H,4-10,16H2,1-3H3. The molecule has 0 aromatic carbocycles. The fourth-order valence-electron chi connectivity index (χ4n) is 3.02. The van der Waals surface area contributed by atoms with Gasteiger partial charge < -0.3 is 10.5 Å². The third kappa shape index (κ3) is 3.18. The molecular formula is C15H27N3O. The smallest absolute Gasteiger partial charge is 0.0771 e. The Labute approximate surface area is 116 Å².